The van der Waals surface area contributed by atoms with E-state index in [1.807, 2.05) is 12.1 Å². The lowest BCUT2D eigenvalue weighted by molar-refractivity contribution is -0.171. The van der Waals surface area contributed by atoms with Crippen molar-refractivity contribution in [2.75, 3.05) is 13.2 Å². The predicted octanol–water partition coefficient (Wildman–Crippen LogP) is 2.15. The Balaban J connectivity index is 2.82. The molecule has 0 fully saturated rings. The summed E-state index contributed by atoms with van der Waals surface area (Å²) < 4.78 is 10.0. The van der Waals surface area contributed by atoms with Gasteiger partial charge in [-0.05, 0) is 45.2 Å². The molecule has 0 amide bonds. The number of nitrogens with zero attached hydrogens (tertiary/aromatic N) is 1. The fraction of sp³-hybridized carbons (Fsp3) is 0.533. The zero-order valence-electron chi connectivity index (χ0n) is 12.2. The third kappa shape index (κ3) is 4.05. The number of rotatable bonds is 7. The summed E-state index contributed by atoms with van der Waals surface area (Å²) in [4.78, 5) is 28.1. The molecular weight excluding hydrogens is 258 g/mol. The SMILES string of the molecule is CCOC(=O)C(C)(CCc1cccnc1)C(=O)OCC. The molecule has 1 aromatic heterocycles. The Morgan fingerprint density at radius 3 is 2.25 bits per heavy atom. The second kappa shape index (κ2) is 7.62. The lowest BCUT2D eigenvalue weighted by atomic mass is 9.84. The molecule has 1 heterocycles. The van der Waals surface area contributed by atoms with Crippen LogP contribution in [0.1, 0.15) is 32.8 Å². The molecule has 0 aliphatic carbocycles. The van der Waals surface area contributed by atoms with Crippen molar-refractivity contribution < 1.29 is 19.1 Å². The van der Waals surface area contributed by atoms with Crippen LogP contribution >= 0.6 is 0 Å². The van der Waals surface area contributed by atoms with E-state index in [-0.39, 0.29) is 13.2 Å². The molecule has 5 heteroatoms. The van der Waals surface area contributed by atoms with Crippen LogP contribution in [0.5, 0.6) is 0 Å². The number of hydrogen-bond acceptors (Lipinski definition) is 5. The molecule has 0 radical (unpaired) electrons. The highest BCUT2D eigenvalue weighted by Crippen LogP contribution is 2.27. The van der Waals surface area contributed by atoms with Crippen LogP contribution in [0.15, 0.2) is 24.5 Å². The van der Waals surface area contributed by atoms with Crippen molar-refractivity contribution in [2.24, 2.45) is 5.41 Å². The fourth-order valence-electron chi connectivity index (χ4n) is 1.81. The topological polar surface area (TPSA) is 65.5 Å². The summed E-state index contributed by atoms with van der Waals surface area (Å²) in [5, 5.41) is 0. The average Bonchev–Trinajstić information content (AvgIpc) is 2.46. The van der Waals surface area contributed by atoms with Crippen LogP contribution in [-0.4, -0.2) is 30.1 Å². The molecule has 20 heavy (non-hydrogen) atoms. The largest absolute Gasteiger partial charge is 0.465 e. The quantitative estimate of drug-likeness (QED) is 0.565. The first-order valence-corrected chi connectivity index (χ1v) is 6.78. The first-order chi connectivity index (χ1) is 9.54. The van der Waals surface area contributed by atoms with Gasteiger partial charge in [-0.25, -0.2) is 0 Å². The highest BCUT2D eigenvalue weighted by Gasteiger charge is 2.43. The fourth-order valence-corrected chi connectivity index (χ4v) is 1.81. The monoisotopic (exact) mass is 279 g/mol. The summed E-state index contributed by atoms with van der Waals surface area (Å²) in [5.41, 5.74) is -0.311. The van der Waals surface area contributed by atoms with Crippen molar-refractivity contribution in [3.8, 4) is 0 Å². The average molecular weight is 279 g/mol. The van der Waals surface area contributed by atoms with Crippen LogP contribution in [0.4, 0.5) is 0 Å². The number of hydrogen-bond donors (Lipinski definition) is 0. The normalized spacial score (nSPS) is 10.9. The van der Waals surface area contributed by atoms with E-state index < -0.39 is 17.4 Å². The van der Waals surface area contributed by atoms with Crippen molar-refractivity contribution in [1.82, 2.24) is 4.98 Å². The van der Waals surface area contributed by atoms with Crippen molar-refractivity contribution >= 4 is 11.9 Å². The van der Waals surface area contributed by atoms with Crippen LogP contribution in [0, 0.1) is 5.41 Å². The molecule has 0 atom stereocenters. The van der Waals surface area contributed by atoms with Gasteiger partial charge >= 0.3 is 11.9 Å². The number of aromatic nitrogens is 1. The molecule has 0 saturated carbocycles. The Morgan fingerprint density at radius 2 is 1.80 bits per heavy atom. The van der Waals surface area contributed by atoms with Gasteiger partial charge in [0.25, 0.3) is 0 Å². The first kappa shape index (κ1) is 16.1. The van der Waals surface area contributed by atoms with E-state index in [2.05, 4.69) is 4.98 Å². The predicted molar refractivity (Wildman–Crippen MR) is 73.9 cm³/mol. The van der Waals surface area contributed by atoms with E-state index in [0.29, 0.717) is 12.8 Å². The number of aryl methyl sites for hydroxylation is 1. The maximum Gasteiger partial charge on any atom is 0.323 e. The summed E-state index contributed by atoms with van der Waals surface area (Å²) in [6.45, 7) is 5.47. The number of carbonyl (C=O) groups excluding carboxylic acids is 2. The molecule has 0 spiro atoms. The number of carbonyl (C=O) groups is 2. The van der Waals surface area contributed by atoms with Gasteiger partial charge in [0, 0.05) is 12.4 Å². The van der Waals surface area contributed by atoms with E-state index in [4.69, 9.17) is 9.47 Å². The van der Waals surface area contributed by atoms with Crippen LogP contribution < -0.4 is 0 Å². The van der Waals surface area contributed by atoms with E-state index in [0.717, 1.165) is 5.56 Å². The third-order valence-electron chi connectivity index (χ3n) is 3.09. The molecule has 110 valence electrons. The van der Waals surface area contributed by atoms with Gasteiger partial charge in [-0.3, -0.25) is 14.6 Å². The van der Waals surface area contributed by atoms with Gasteiger partial charge in [0.1, 0.15) is 0 Å². The Kier molecular flexibility index (Phi) is 6.15. The maximum atomic E-state index is 12.1. The van der Waals surface area contributed by atoms with Gasteiger partial charge in [-0.15, -0.1) is 0 Å². The minimum absolute atomic E-state index is 0.237. The summed E-state index contributed by atoms with van der Waals surface area (Å²) >= 11 is 0. The van der Waals surface area contributed by atoms with Gasteiger partial charge in [-0.2, -0.15) is 0 Å². The van der Waals surface area contributed by atoms with Gasteiger partial charge in [-0.1, -0.05) is 6.07 Å². The van der Waals surface area contributed by atoms with Gasteiger partial charge in [0.15, 0.2) is 5.41 Å². The summed E-state index contributed by atoms with van der Waals surface area (Å²) in [7, 11) is 0. The van der Waals surface area contributed by atoms with Crippen molar-refractivity contribution in [3.05, 3.63) is 30.1 Å². The third-order valence-corrected chi connectivity index (χ3v) is 3.09. The Bertz CT molecular complexity index is 426. The molecular formula is C15H21NO4. The van der Waals surface area contributed by atoms with E-state index in [1.165, 1.54) is 0 Å². The molecule has 5 nitrogen and oxygen atoms in total. The van der Waals surface area contributed by atoms with Gasteiger partial charge in [0.05, 0.1) is 13.2 Å². The van der Waals surface area contributed by atoms with Crippen LogP contribution in [0.3, 0.4) is 0 Å². The lowest BCUT2D eigenvalue weighted by Crippen LogP contribution is -2.40. The Morgan fingerprint density at radius 1 is 1.20 bits per heavy atom. The molecule has 0 aliphatic rings. The maximum absolute atomic E-state index is 12.1. The van der Waals surface area contributed by atoms with Crippen LogP contribution in [-0.2, 0) is 25.5 Å². The molecule has 0 bridgehead atoms. The standard InChI is InChI=1S/C15H21NO4/c1-4-19-13(17)15(3,14(18)20-5-2)9-8-12-7-6-10-16-11-12/h6-7,10-11H,4-5,8-9H2,1-3H3. The lowest BCUT2D eigenvalue weighted by Gasteiger charge is -2.24. The Labute approximate surface area is 119 Å². The second-order valence-corrected chi connectivity index (χ2v) is 4.63. The number of pyridine rings is 1. The molecule has 0 aromatic carbocycles. The van der Waals surface area contributed by atoms with Crippen molar-refractivity contribution in [2.45, 2.75) is 33.6 Å². The highest BCUT2D eigenvalue weighted by molar-refractivity contribution is 5.99. The molecule has 1 rings (SSSR count). The number of ether oxygens (including phenoxy) is 2. The first-order valence-electron chi connectivity index (χ1n) is 6.78. The van der Waals surface area contributed by atoms with E-state index in [9.17, 15) is 9.59 Å². The second-order valence-electron chi connectivity index (χ2n) is 4.63. The minimum Gasteiger partial charge on any atom is -0.465 e. The molecule has 0 N–H and O–H groups in total. The van der Waals surface area contributed by atoms with E-state index >= 15 is 0 Å². The highest BCUT2D eigenvalue weighted by atomic mass is 16.6. The summed E-state index contributed by atoms with van der Waals surface area (Å²) in [6.07, 6.45) is 4.29. The molecule has 0 aliphatic heterocycles. The smallest absolute Gasteiger partial charge is 0.323 e. The van der Waals surface area contributed by atoms with Gasteiger partial charge < -0.3 is 9.47 Å². The number of esters is 2. The Hall–Kier alpha value is -1.91. The van der Waals surface area contributed by atoms with Crippen molar-refractivity contribution in [1.29, 1.82) is 0 Å². The van der Waals surface area contributed by atoms with E-state index in [1.54, 1.807) is 33.2 Å². The zero-order valence-corrected chi connectivity index (χ0v) is 12.2. The van der Waals surface area contributed by atoms with Gasteiger partial charge in [0.2, 0.25) is 0 Å². The molecule has 0 saturated heterocycles. The summed E-state index contributed by atoms with van der Waals surface area (Å²) in [5.74, 6) is -1.08. The van der Waals surface area contributed by atoms with Crippen LogP contribution in [0.2, 0.25) is 0 Å². The molecule has 1 aromatic rings. The summed E-state index contributed by atoms with van der Waals surface area (Å²) in [6, 6.07) is 3.73. The molecule has 0 unspecified atom stereocenters. The minimum atomic E-state index is -1.28. The van der Waals surface area contributed by atoms with Crippen molar-refractivity contribution in [3.63, 3.8) is 0 Å². The van der Waals surface area contributed by atoms with Crippen LogP contribution in [0.25, 0.3) is 0 Å². The zero-order chi connectivity index (χ0) is 15.0.